The number of benzene rings is 1. The Kier molecular flexibility index (Phi) is 2.85. The number of nitrogen functional groups attached to an aromatic ring is 1. The average molecular weight is 274 g/mol. The van der Waals surface area contributed by atoms with Crippen LogP contribution in [-0.2, 0) is 0 Å². The predicted octanol–water partition coefficient (Wildman–Crippen LogP) is 2.43. The molecule has 6 nitrogen and oxygen atoms in total. The van der Waals surface area contributed by atoms with E-state index in [1.54, 1.807) is 36.8 Å². The van der Waals surface area contributed by atoms with Crippen LogP contribution in [0.3, 0.4) is 0 Å². The van der Waals surface area contributed by atoms with Crippen LogP contribution < -0.4 is 5.73 Å². The molecule has 0 bridgehead atoms. The van der Waals surface area contributed by atoms with Crippen LogP contribution in [0.1, 0.15) is 0 Å². The van der Waals surface area contributed by atoms with Gasteiger partial charge in [0.15, 0.2) is 0 Å². The van der Waals surface area contributed by atoms with Crippen molar-refractivity contribution in [3.05, 3.63) is 41.8 Å². The maximum atomic E-state index is 5.95. The van der Waals surface area contributed by atoms with Crippen molar-refractivity contribution < 1.29 is 4.52 Å². The zero-order valence-corrected chi connectivity index (χ0v) is 10.4. The molecule has 1 aromatic carbocycles. The molecular weight excluding hydrogens is 266 g/mol. The summed E-state index contributed by atoms with van der Waals surface area (Å²) < 4.78 is 5.17. The second-order valence-electron chi connectivity index (χ2n) is 3.75. The normalized spacial score (nSPS) is 10.6. The van der Waals surface area contributed by atoms with E-state index in [4.69, 9.17) is 21.9 Å². The molecule has 19 heavy (non-hydrogen) atoms. The zero-order valence-electron chi connectivity index (χ0n) is 9.62. The van der Waals surface area contributed by atoms with E-state index in [0.29, 0.717) is 33.7 Å². The highest BCUT2D eigenvalue weighted by atomic mass is 35.5. The fraction of sp³-hybridized carbons (Fsp3) is 0. The summed E-state index contributed by atoms with van der Waals surface area (Å²) in [5.74, 6) is 0.721. The highest BCUT2D eigenvalue weighted by Gasteiger charge is 2.12. The standard InChI is InChI=1S/C12H8ClN5O/c13-8-5-7(1-2-9(8)14)12-17-11(18-19-12)10-6-15-3-4-16-10/h1-6H,14H2. The minimum absolute atomic E-state index is 0.350. The number of nitrogens with zero attached hydrogens (tertiary/aromatic N) is 4. The molecule has 0 aliphatic rings. The van der Waals surface area contributed by atoms with Crippen LogP contribution in [0.4, 0.5) is 5.69 Å². The molecule has 94 valence electrons. The topological polar surface area (TPSA) is 90.7 Å². The van der Waals surface area contributed by atoms with E-state index in [9.17, 15) is 0 Å². The quantitative estimate of drug-likeness (QED) is 0.721. The molecule has 0 unspecified atom stereocenters. The van der Waals surface area contributed by atoms with E-state index < -0.39 is 0 Å². The molecule has 0 spiro atoms. The molecule has 3 aromatic rings. The number of rotatable bonds is 2. The van der Waals surface area contributed by atoms with Crippen LogP contribution in [-0.4, -0.2) is 20.1 Å². The first-order chi connectivity index (χ1) is 9.24. The monoisotopic (exact) mass is 273 g/mol. The van der Waals surface area contributed by atoms with Crippen molar-refractivity contribution in [2.24, 2.45) is 0 Å². The Morgan fingerprint density at radius 2 is 2.11 bits per heavy atom. The van der Waals surface area contributed by atoms with Crippen molar-refractivity contribution >= 4 is 17.3 Å². The van der Waals surface area contributed by atoms with E-state index in [0.717, 1.165) is 0 Å². The second kappa shape index (κ2) is 4.66. The van der Waals surface area contributed by atoms with Gasteiger partial charge in [0.1, 0.15) is 5.69 Å². The van der Waals surface area contributed by atoms with Crippen LogP contribution in [0.5, 0.6) is 0 Å². The number of aromatic nitrogens is 4. The van der Waals surface area contributed by atoms with Crippen molar-refractivity contribution in [3.63, 3.8) is 0 Å². The number of anilines is 1. The van der Waals surface area contributed by atoms with Gasteiger partial charge in [-0.3, -0.25) is 4.98 Å². The zero-order chi connectivity index (χ0) is 13.2. The van der Waals surface area contributed by atoms with Crippen LogP contribution in [0.25, 0.3) is 23.0 Å². The van der Waals surface area contributed by atoms with Crippen molar-refractivity contribution in [1.82, 2.24) is 20.1 Å². The summed E-state index contributed by atoms with van der Waals surface area (Å²) >= 11 is 5.95. The van der Waals surface area contributed by atoms with E-state index in [1.165, 1.54) is 0 Å². The summed E-state index contributed by atoms with van der Waals surface area (Å²) in [5, 5.41) is 4.29. The Balaban J connectivity index is 1.99. The lowest BCUT2D eigenvalue weighted by molar-refractivity contribution is 0.432. The molecule has 2 N–H and O–H groups in total. The smallest absolute Gasteiger partial charge is 0.258 e. The Hall–Kier alpha value is -2.47. The lowest BCUT2D eigenvalue weighted by Gasteiger charge is -1.98. The fourth-order valence-electron chi connectivity index (χ4n) is 1.52. The molecule has 0 aliphatic carbocycles. The van der Waals surface area contributed by atoms with E-state index in [2.05, 4.69) is 20.1 Å². The molecule has 0 aliphatic heterocycles. The van der Waals surface area contributed by atoms with Gasteiger partial charge in [-0.2, -0.15) is 4.98 Å². The van der Waals surface area contributed by atoms with Gasteiger partial charge in [-0.1, -0.05) is 16.8 Å². The summed E-state index contributed by atoms with van der Waals surface area (Å²) in [4.78, 5) is 12.3. The van der Waals surface area contributed by atoms with Crippen molar-refractivity contribution in [3.8, 4) is 23.0 Å². The van der Waals surface area contributed by atoms with Gasteiger partial charge < -0.3 is 10.3 Å². The summed E-state index contributed by atoms with van der Waals surface area (Å²) in [6.45, 7) is 0. The van der Waals surface area contributed by atoms with Crippen LogP contribution in [0.15, 0.2) is 41.3 Å². The number of hydrogen-bond acceptors (Lipinski definition) is 6. The lowest BCUT2D eigenvalue weighted by Crippen LogP contribution is -1.87. The van der Waals surface area contributed by atoms with Gasteiger partial charge in [-0.25, -0.2) is 4.98 Å². The number of hydrogen-bond donors (Lipinski definition) is 1. The molecule has 3 rings (SSSR count). The van der Waals surface area contributed by atoms with Gasteiger partial charge >= 0.3 is 0 Å². The molecular formula is C12H8ClN5O. The van der Waals surface area contributed by atoms with Gasteiger partial charge in [0, 0.05) is 18.0 Å². The molecule has 0 fully saturated rings. The third-order valence-corrected chi connectivity index (χ3v) is 2.79. The molecule has 7 heteroatoms. The molecule has 0 atom stereocenters. The summed E-state index contributed by atoms with van der Waals surface area (Å²) in [7, 11) is 0. The first-order valence-electron chi connectivity index (χ1n) is 5.39. The average Bonchev–Trinajstić information content (AvgIpc) is 2.93. The highest BCUT2D eigenvalue weighted by molar-refractivity contribution is 6.33. The Bertz CT molecular complexity index is 713. The third-order valence-electron chi connectivity index (χ3n) is 2.47. The Morgan fingerprint density at radius 1 is 1.21 bits per heavy atom. The summed E-state index contributed by atoms with van der Waals surface area (Å²) in [6.07, 6.45) is 4.69. The Labute approximate surface area is 113 Å². The van der Waals surface area contributed by atoms with Crippen molar-refractivity contribution in [2.45, 2.75) is 0 Å². The van der Waals surface area contributed by atoms with E-state index in [-0.39, 0.29) is 0 Å². The second-order valence-corrected chi connectivity index (χ2v) is 4.16. The van der Waals surface area contributed by atoms with Crippen LogP contribution >= 0.6 is 11.6 Å². The highest BCUT2D eigenvalue weighted by Crippen LogP contribution is 2.26. The predicted molar refractivity (Wildman–Crippen MR) is 70.2 cm³/mol. The maximum absolute atomic E-state index is 5.95. The Morgan fingerprint density at radius 3 is 2.84 bits per heavy atom. The van der Waals surface area contributed by atoms with Gasteiger partial charge in [0.05, 0.1) is 16.9 Å². The van der Waals surface area contributed by atoms with Crippen LogP contribution in [0, 0.1) is 0 Å². The van der Waals surface area contributed by atoms with E-state index >= 15 is 0 Å². The minimum Gasteiger partial charge on any atom is -0.398 e. The molecule has 2 aromatic heterocycles. The van der Waals surface area contributed by atoms with Gasteiger partial charge in [0.25, 0.3) is 5.89 Å². The third kappa shape index (κ3) is 2.25. The van der Waals surface area contributed by atoms with Crippen molar-refractivity contribution in [1.29, 1.82) is 0 Å². The van der Waals surface area contributed by atoms with Gasteiger partial charge in [-0.15, -0.1) is 0 Å². The molecule has 2 heterocycles. The van der Waals surface area contributed by atoms with Gasteiger partial charge in [0.2, 0.25) is 5.82 Å². The van der Waals surface area contributed by atoms with E-state index in [1.807, 2.05) is 0 Å². The first-order valence-corrected chi connectivity index (χ1v) is 5.77. The lowest BCUT2D eigenvalue weighted by atomic mass is 10.2. The largest absolute Gasteiger partial charge is 0.398 e. The number of halogens is 1. The molecule has 0 saturated heterocycles. The first kappa shape index (κ1) is 11.6. The molecule has 0 radical (unpaired) electrons. The van der Waals surface area contributed by atoms with Crippen molar-refractivity contribution in [2.75, 3.05) is 5.73 Å². The van der Waals surface area contributed by atoms with Crippen LogP contribution in [0.2, 0.25) is 5.02 Å². The minimum atomic E-state index is 0.350. The summed E-state index contributed by atoms with van der Waals surface area (Å²) in [5.41, 5.74) is 7.38. The molecule has 0 saturated carbocycles. The maximum Gasteiger partial charge on any atom is 0.258 e. The SMILES string of the molecule is Nc1ccc(-c2nc(-c3cnccn3)no2)cc1Cl. The number of nitrogens with two attached hydrogens (primary N) is 1. The summed E-state index contributed by atoms with van der Waals surface area (Å²) in [6, 6.07) is 5.11. The van der Waals surface area contributed by atoms with Gasteiger partial charge in [-0.05, 0) is 18.2 Å². The molecule has 0 amide bonds. The fourth-order valence-corrected chi connectivity index (χ4v) is 1.70.